The van der Waals surface area contributed by atoms with Gasteiger partial charge in [0.25, 0.3) is 0 Å². The molecule has 0 aliphatic carbocycles. The molecule has 0 saturated heterocycles. The van der Waals surface area contributed by atoms with E-state index in [-0.39, 0.29) is 12.5 Å². The average Bonchev–Trinajstić information content (AvgIpc) is 2.43. The molecule has 0 bridgehead atoms. The van der Waals surface area contributed by atoms with Gasteiger partial charge in [-0.05, 0) is 26.1 Å². The molecule has 0 heterocycles. The van der Waals surface area contributed by atoms with Crippen molar-refractivity contribution in [2.45, 2.75) is 27.2 Å². The number of nitrogens with zero attached hydrogens (tertiary/aromatic N) is 1. The largest absolute Gasteiger partial charge is 0.355 e. The van der Waals surface area contributed by atoms with E-state index in [0.717, 1.165) is 26.1 Å². The normalized spacial score (nSPS) is 10.2. The molecule has 116 valence electrons. The maximum absolute atomic E-state index is 11.4. The number of rotatable bonds is 9. The SMILES string of the molecule is CCN(CC)CCCNC(=O)C(=O)NCCNC(C)=O. The second kappa shape index (κ2) is 11.2. The molecular formula is C13H26N4O3. The van der Waals surface area contributed by atoms with Crippen molar-refractivity contribution in [3.8, 4) is 0 Å². The monoisotopic (exact) mass is 286 g/mol. The first-order valence-corrected chi connectivity index (χ1v) is 7.04. The summed E-state index contributed by atoms with van der Waals surface area (Å²) >= 11 is 0. The average molecular weight is 286 g/mol. The van der Waals surface area contributed by atoms with Crippen molar-refractivity contribution < 1.29 is 14.4 Å². The van der Waals surface area contributed by atoms with Crippen molar-refractivity contribution in [2.24, 2.45) is 0 Å². The Kier molecular flexibility index (Phi) is 10.3. The smallest absolute Gasteiger partial charge is 0.309 e. The Morgan fingerprint density at radius 3 is 1.85 bits per heavy atom. The molecule has 0 aliphatic heterocycles. The molecule has 0 saturated carbocycles. The van der Waals surface area contributed by atoms with Crippen molar-refractivity contribution in [1.82, 2.24) is 20.9 Å². The van der Waals surface area contributed by atoms with Crippen LogP contribution in [0.5, 0.6) is 0 Å². The van der Waals surface area contributed by atoms with E-state index in [0.29, 0.717) is 13.1 Å². The summed E-state index contributed by atoms with van der Waals surface area (Å²) in [5.74, 6) is -1.47. The standard InChI is InChI=1S/C13H26N4O3/c1-4-17(5-2)10-6-7-15-12(19)13(20)16-9-8-14-11(3)18/h4-10H2,1-3H3,(H,14,18)(H,15,19)(H,16,20). The fraction of sp³-hybridized carbons (Fsp3) is 0.769. The quantitative estimate of drug-likeness (QED) is 0.378. The van der Waals surface area contributed by atoms with Gasteiger partial charge in [0.2, 0.25) is 5.91 Å². The number of nitrogens with one attached hydrogen (secondary N) is 3. The molecule has 0 aromatic rings. The van der Waals surface area contributed by atoms with Crippen LogP contribution < -0.4 is 16.0 Å². The zero-order valence-electron chi connectivity index (χ0n) is 12.6. The highest BCUT2D eigenvalue weighted by molar-refractivity contribution is 6.35. The molecule has 7 nitrogen and oxygen atoms in total. The summed E-state index contributed by atoms with van der Waals surface area (Å²) in [5, 5.41) is 7.53. The molecule has 0 atom stereocenters. The van der Waals surface area contributed by atoms with Crippen LogP contribution in [-0.4, -0.2) is 61.9 Å². The van der Waals surface area contributed by atoms with E-state index in [1.807, 2.05) is 0 Å². The molecule has 3 N–H and O–H groups in total. The molecule has 7 heteroatoms. The summed E-state index contributed by atoms with van der Waals surface area (Å²) in [4.78, 5) is 35.7. The van der Waals surface area contributed by atoms with Crippen LogP contribution >= 0.6 is 0 Å². The molecule has 0 unspecified atom stereocenters. The van der Waals surface area contributed by atoms with Crippen molar-refractivity contribution >= 4 is 17.7 Å². The summed E-state index contributed by atoms with van der Waals surface area (Å²) in [6.45, 7) is 9.47. The van der Waals surface area contributed by atoms with Crippen molar-refractivity contribution in [3.05, 3.63) is 0 Å². The molecule has 0 radical (unpaired) electrons. The van der Waals surface area contributed by atoms with Crippen LogP contribution in [0.3, 0.4) is 0 Å². The Balaban J connectivity index is 3.65. The van der Waals surface area contributed by atoms with Crippen LogP contribution in [0.15, 0.2) is 0 Å². The van der Waals surface area contributed by atoms with Gasteiger partial charge < -0.3 is 20.9 Å². The fourth-order valence-corrected chi connectivity index (χ4v) is 1.62. The molecule has 0 aliphatic rings. The summed E-state index contributed by atoms with van der Waals surface area (Å²) in [7, 11) is 0. The summed E-state index contributed by atoms with van der Waals surface area (Å²) in [6.07, 6.45) is 0.812. The summed E-state index contributed by atoms with van der Waals surface area (Å²) in [5.41, 5.74) is 0. The second-order valence-corrected chi connectivity index (χ2v) is 4.38. The highest BCUT2D eigenvalue weighted by atomic mass is 16.2. The van der Waals surface area contributed by atoms with Crippen molar-refractivity contribution in [2.75, 3.05) is 39.3 Å². The van der Waals surface area contributed by atoms with Crippen LogP contribution in [0, 0.1) is 0 Å². The van der Waals surface area contributed by atoms with Crippen LogP contribution in [0.1, 0.15) is 27.2 Å². The topological polar surface area (TPSA) is 90.5 Å². The second-order valence-electron chi connectivity index (χ2n) is 4.38. The van der Waals surface area contributed by atoms with Crippen LogP contribution in [-0.2, 0) is 14.4 Å². The minimum Gasteiger partial charge on any atom is -0.355 e. The molecule has 0 aromatic carbocycles. The maximum Gasteiger partial charge on any atom is 0.309 e. The molecule has 20 heavy (non-hydrogen) atoms. The first kappa shape index (κ1) is 18.4. The van der Waals surface area contributed by atoms with Gasteiger partial charge in [-0.2, -0.15) is 0 Å². The van der Waals surface area contributed by atoms with E-state index in [4.69, 9.17) is 0 Å². The van der Waals surface area contributed by atoms with E-state index in [2.05, 4.69) is 34.7 Å². The summed E-state index contributed by atoms with van der Waals surface area (Å²) in [6, 6.07) is 0. The lowest BCUT2D eigenvalue weighted by atomic mass is 10.3. The third kappa shape index (κ3) is 9.32. The minimum absolute atomic E-state index is 0.167. The van der Waals surface area contributed by atoms with E-state index < -0.39 is 11.8 Å². The molecule has 3 amide bonds. The number of hydrogen-bond donors (Lipinski definition) is 3. The van der Waals surface area contributed by atoms with Gasteiger partial charge in [0, 0.05) is 26.6 Å². The third-order valence-corrected chi connectivity index (χ3v) is 2.82. The van der Waals surface area contributed by atoms with Gasteiger partial charge in [0.15, 0.2) is 0 Å². The number of hydrogen-bond acceptors (Lipinski definition) is 4. The van der Waals surface area contributed by atoms with Gasteiger partial charge in [0.1, 0.15) is 0 Å². The van der Waals surface area contributed by atoms with Gasteiger partial charge >= 0.3 is 11.8 Å². The lowest BCUT2D eigenvalue weighted by Gasteiger charge is -2.17. The predicted octanol–water partition coefficient (Wildman–Crippen LogP) is -0.913. The molecular weight excluding hydrogens is 260 g/mol. The van der Waals surface area contributed by atoms with Gasteiger partial charge in [-0.1, -0.05) is 13.8 Å². The highest BCUT2D eigenvalue weighted by Gasteiger charge is 2.11. The molecule has 0 aromatic heterocycles. The van der Waals surface area contributed by atoms with E-state index in [1.54, 1.807) is 0 Å². The van der Waals surface area contributed by atoms with Gasteiger partial charge in [-0.3, -0.25) is 14.4 Å². The lowest BCUT2D eigenvalue weighted by Crippen LogP contribution is -2.43. The Morgan fingerprint density at radius 2 is 1.35 bits per heavy atom. The van der Waals surface area contributed by atoms with Gasteiger partial charge in [-0.15, -0.1) is 0 Å². The highest BCUT2D eigenvalue weighted by Crippen LogP contribution is 1.89. The maximum atomic E-state index is 11.4. The number of carbonyl (C=O) groups excluding carboxylic acids is 3. The Bertz CT molecular complexity index is 317. The Labute approximate surface area is 120 Å². The third-order valence-electron chi connectivity index (χ3n) is 2.82. The molecule has 0 rings (SSSR count). The fourth-order valence-electron chi connectivity index (χ4n) is 1.62. The first-order chi connectivity index (χ1) is 9.51. The van der Waals surface area contributed by atoms with Crippen LogP contribution in [0.4, 0.5) is 0 Å². The van der Waals surface area contributed by atoms with Crippen LogP contribution in [0.25, 0.3) is 0 Å². The molecule has 0 spiro atoms. The minimum atomic E-state index is -0.668. The predicted molar refractivity (Wildman–Crippen MR) is 77.1 cm³/mol. The van der Waals surface area contributed by atoms with Crippen molar-refractivity contribution in [3.63, 3.8) is 0 Å². The summed E-state index contributed by atoms with van der Waals surface area (Å²) < 4.78 is 0. The van der Waals surface area contributed by atoms with Gasteiger partial charge in [0.05, 0.1) is 0 Å². The van der Waals surface area contributed by atoms with Crippen LogP contribution in [0.2, 0.25) is 0 Å². The van der Waals surface area contributed by atoms with E-state index in [9.17, 15) is 14.4 Å². The van der Waals surface area contributed by atoms with E-state index >= 15 is 0 Å². The zero-order valence-corrected chi connectivity index (χ0v) is 12.6. The first-order valence-electron chi connectivity index (χ1n) is 7.04. The van der Waals surface area contributed by atoms with Crippen molar-refractivity contribution in [1.29, 1.82) is 0 Å². The Morgan fingerprint density at radius 1 is 0.850 bits per heavy atom. The zero-order chi connectivity index (χ0) is 15.4. The van der Waals surface area contributed by atoms with Gasteiger partial charge in [-0.25, -0.2) is 0 Å². The number of amides is 3. The number of carbonyl (C=O) groups is 3. The lowest BCUT2D eigenvalue weighted by molar-refractivity contribution is -0.139. The molecule has 0 fully saturated rings. The Hall–Kier alpha value is -1.63. The van der Waals surface area contributed by atoms with E-state index in [1.165, 1.54) is 6.92 Å².